The van der Waals surface area contributed by atoms with Crippen LogP contribution in [0.3, 0.4) is 0 Å². The fraction of sp³-hybridized carbons (Fsp3) is 0.100. The highest BCUT2D eigenvalue weighted by Gasteiger charge is 2.16. The van der Waals surface area contributed by atoms with E-state index in [0.29, 0.717) is 17.1 Å². The van der Waals surface area contributed by atoms with Crippen molar-refractivity contribution >= 4 is 5.91 Å². The normalized spacial score (nSPS) is 12.5. The molecule has 1 aromatic carbocycles. The lowest BCUT2D eigenvalue weighted by Crippen LogP contribution is -2.21. The summed E-state index contributed by atoms with van der Waals surface area (Å²) in [7, 11) is 0. The highest BCUT2D eigenvalue weighted by Crippen LogP contribution is 2.32. The molecule has 1 aliphatic rings. The molecule has 0 bridgehead atoms. The van der Waals surface area contributed by atoms with E-state index in [-0.39, 0.29) is 12.7 Å². The molecule has 1 aromatic heterocycles. The van der Waals surface area contributed by atoms with Crippen molar-refractivity contribution in [2.75, 3.05) is 12.2 Å². The number of carbonyl (C=O) groups is 1. The van der Waals surface area contributed by atoms with E-state index in [1.807, 2.05) is 0 Å². The first-order chi connectivity index (χ1) is 8.33. The lowest BCUT2D eigenvalue weighted by molar-refractivity contribution is 0.101. The smallest absolute Gasteiger partial charge is 0.270 e. The van der Waals surface area contributed by atoms with Gasteiger partial charge in [0.15, 0.2) is 11.5 Å². The molecule has 0 unspecified atom stereocenters. The molecule has 0 spiro atoms. The zero-order valence-electron chi connectivity index (χ0n) is 8.66. The molecular formula is C10H8N4O3. The summed E-state index contributed by atoms with van der Waals surface area (Å²) < 4.78 is 11.7. The number of rotatable bonds is 2. The zero-order chi connectivity index (χ0) is 11.7. The number of hydrogen-bond donors (Lipinski definition) is 1. The number of ether oxygens (including phenoxy) is 2. The number of fused-ring (bicyclic) bond motifs is 1. The number of aromatic nitrogens is 3. The minimum atomic E-state index is -0.275. The molecule has 86 valence electrons. The molecule has 0 fully saturated rings. The van der Waals surface area contributed by atoms with Crippen LogP contribution in [-0.4, -0.2) is 27.6 Å². The number of benzene rings is 1. The van der Waals surface area contributed by atoms with Gasteiger partial charge >= 0.3 is 0 Å². The van der Waals surface area contributed by atoms with E-state index in [2.05, 4.69) is 15.6 Å². The van der Waals surface area contributed by atoms with Gasteiger partial charge in [-0.1, -0.05) is 0 Å². The Kier molecular flexibility index (Phi) is 2.14. The molecular weight excluding hydrogens is 224 g/mol. The predicted molar refractivity (Wildman–Crippen MR) is 56.3 cm³/mol. The molecule has 1 N–H and O–H groups in total. The summed E-state index contributed by atoms with van der Waals surface area (Å²) in [5.41, 5.74) is 3.06. The molecule has 17 heavy (non-hydrogen) atoms. The predicted octanol–water partition coefficient (Wildman–Crippen LogP) is 0.391. The first kappa shape index (κ1) is 9.64. The average Bonchev–Trinajstić information content (AvgIpc) is 2.97. The largest absolute Gasteiger partial charge is 0.454 e. The van der Waals surface area contributed by atoms with Crippen LogP contribution < -0.4 is 14.9 Å². The second-order valence-corrected chi connectivity index (χ2v) is 3.38. The summed E-state index contributed by atoms with van der Waals surface area (Å²) in [6.45, 7) is 0.186. The number of nitrogens with zero attached hydrogens (tertiary/aromatic N) is 3. The van der Waals surface area contributed by atoms with Crippen molar-refractivity contribution in [1.82, 2.24) is 14.9 Å². The summed E-state index contributed by atoms with van der Waals surface area (Å²) in [4.78, 5) is 11.8. The summed E-state index contributed by atoms with van der Waals surface area (Å²) >= 11 is 0. The van der Waals surface area contributed by atoms with E-state index in [1.54, 1.807) is 18.2 Å². The van der Waals surface area contributed by atoms with E-state index in [0.717, 1.165) is 0 Å². The minimum Gasteiger partial charge on any atom is -0.454 e. The molecule has 0 radical (unpaired) electrons. The van der Waals surface area contributed by atoms with E-state index in [4.69, 9.17) is 9.47 Å². The van der Waals surface area contributed by atoms with Crippen LogP contribution in [0, 0.1) is 0 Å². The molecule has 7 nitrogen and oxygen atoms in total. The van der Waals surface area contributed by atoms with Gasteiger partial charge in [-0.3, -0.25) is 10.2 Å². The van der Waals surface area contributed by atoms with Crippen molar-refractivity contribution in [1.29, 1.82) is 0 Å². The third kappa shape index (κ3) is 1.78. The second kappa shape index (κ2) is 3.78. The molecule has 0 aliphatic carbocycles. The number of nitrogens with one attached hydrogen (secondary N) is 1. The van der Waals surface area contributed by atoms with Crippen LogP contribution in [0.5, 0.6) is 11.5 Å². The standard InChI is InChI=1S/C10H8N4O3/c15-10(13-14-4-11-12-5-14)7-1-2-8-9(3-7)17-6-16-8/h1-5H,6H2,(H,13,15). The van der Waals surface area contributed by atoms with E-state index in [9.17, 15) is 4.79 Å². The molecule has 3 rings (SSSR count). The van der Waals surface area contributed by atoms with E-state index in [1.165, 1.54) is 17.3 Å². The van der Waals surface area contributed by atoms with Crippen LogP contribution >= 0.6 is 0 Å². The zero-order valence-corrected chi connectivity index (χ0v) is 8.66. The monoisotopic (exact) mass is 232 g/mol. The van der Waals surface area contributed by atoms with Crippen LogP contribution in [0.2, 0.25) is 0 Å². The van der Waals surface area contributed by atoms with Gasteiger partial charge in [0.25, 0.3) is 5.91 Å². The Bertz CT molecular complexity index is 553. The maximum absolute atomic E-state index is 11.8. The Labute approximate surface area is 95.9 Å². The van der Waals surface area contributed by atoms with Crippen molar-refractivity contribution in [3.63, 3.8) is 0 Å². The third-order valence-corrected chi connectivity index (χ3v) is 2.28. The Morgan fingerprint density at radius 1 is 1.24 bits per heavy atom. The van der Waals surface area contributed by atoms with Gasteiger partial charge in [-0.25, -0.2) is 4.68 Å². The van der Waals surface area contributed by atoms with Gasteiger partial charge < -0.3 is 9.47 Å². The average molecular weight is 232 g/mol. The summed E-state index contributed by atoms with van der Waals surface area (Å²) in [5.74, 6) is 0.940. The lowest BCUT2D eigenvalue weighted by atomic mass is 10.2. The molecule has 2 aromatic rings. The summed E-state index contributed by atoms with van der Waals surface area (Å²) in [5, 5.41) is 7.16. The topological polar surface area (TPSA) is 78.3 Å². The Hall–Kier alpha value is -2.57. The van der Waals surface area contributed by atoms with Crippen LogP contribution in [0.25, 0.3) is 0 Å². The van der Waals surface area contributed by atoms with Gasteiger partial charge in [-0.05, 0) is 18.2 Å². The highest BCUT2D eigenvalue weighted by molar-refractivity contribution is 6.00. The van der Waals surface area contributed by atoms with E-state index < -0.39 is 0 Å². The summed E-state index contributed by atoms with van der Waals surface area (Å²) in [6.07, 6.45) is 2.79. The van der Waals surface area contributed by atoms with Gasteiger partial charge in [-0.15, -0.1) is 10.2 Å². The molecule has 1 aliphatic heterocycles. The van der Waals surface area contributed by atoms with Gasteiger partial charge in [-0.2, -0.15) is 0 Å². The fourth-order valence-corrected chi connectivity index (χ4v) is 1.48. The lowest BCUT2D eigenvalue weighted by Gasteiger charge is -2.05. The Morgan fingerprint density at radius 2 is 2.00 bits per heavy atom. The maximum atomic E-state index is 11.8. The first-order valence-corrected chi connectivity index (χ1v) is 4.88. The van der Waals surface area contributed by atoms with Crippen molar-refractivity contribution in [3.8, 4) is 11.5 Å². The third-order valence-electron chi connectivity index (χ3n) is 2.28. The molecule has 0 saturated carbocycles. The minimum absolute atomic E-state index is 0.186. The van der Waals surface area contributed by atoms with Crippen molar-refractivity contribution < 1.29 is 14.3 Å². The fourth-order valence-electron chi connectivity index (χ4n) is 1.48. The maximum Gasteiger partial charge on any atom is 0.270 e. The van der Waals surface area contributed by atoms with Gasteiger partial charge in [0.1, 0.15) is 12.7 Å². The van der Waals surface area contributed by atoms with Crippen molar-refractivity contribution in [3.05, 3.63) is 36.4 Å². The molecule has 2 heterocycles. The molecule has 0 saturated heterocycles. The van der Waals surface area contributed by atoms with Gasteiger partial charge in [0.05, 0.1) is 0 Å². The SMILES string of the molecule is O=C(Nn1cnnc1)c1ccc2c(c1)OCO2. The van der Waals surface area contributed by atoms with Crippen LogP contribution in [0.4, 0.5) is 0 Å². The molecule has 1 amide bonds. The van der Waals surface area contributed by atoms with Gasteiger partial charge in [0, 0.05) is 5.56 Å². The highest BCUT2D eigenvalue weighted by atomic mass is 16.7. The van der Waals surface area contributed by atoms with Crippen LogP contribution in [0.1, 0.15) is 10.4 Å². The Morgan fingerprint density at radius 3 is 2.82 bits per heavy atom. The van der Waals surface area contributed by atoms with Crippen molar-refractivity contribution in [2.45, 2.75) is 0 Å². The number of amides is 1. The van der Waals surface area contributed by atoms with Gasteiger partial charge in [0.2, 0.25) is 6.79 Å². The van der Waals surface area contributed by atoms with Crippen LogP contribution in [0.15, 0.2) is 30.9 Å². The number of carbonyl (C=O) groups excluding carboxylic acids is 1. The quantitative estimate of drug-likeness (QED) is 0.810. The first-order valence-electron chi connectivity index (χ1n) is 4.88. The number of hydrogen-bond acceptors (Lipinski definition) is 5. The van der Waals surface area contributed by atoms with E-state index >= 15 is 0 Å². The second-order valence-electron chi connectivity index (χ2n) is 3.38. The van der Waals surface area contributed by atoms with Crippen LogP contribution in [-0.2, 0) is 0 Å². The molecule has 0 atom stereocenters. The molecule has 7 heteroatoms. The summed E-state index contributed by atoms with van der Waals surface area (Å²) in [6, 6.07) is 4.98. The Balaban J connectivity index is 1.82. The van der Waals surface area contributed by atoms with Crippen molar-refractivity contribution in [2.24, 2.45) is 0 Å².